The molecule has 0 radical (unpaired) electrons. The lowest BCUT2D eigenvalue weighted by atomic mass is 10.0. The topological polar surface area (TPSA) is 56.1 Å². The molecule has 3 aromatic rings. The van der Waals surface area contributed by atoms with Crippen LogP contribution in [0.3, 0.4) is 0 Å². The smallest absolute Gasteiger partial charge is 0.178 e. The summed E-state index contributed by atoms with van der Waals surface area (Å²) in [7, 11) is 0. The third-order valence-corrected chi connectivity index (χ3v) is 5.02. The first-order chi connectivity index (χ1) is 12.7. The lowest BCUT2D eigenvalue weighted by molar-refractivity contribution is 0.0220. The van der Waals surface area contributed by atoms with Crippen molar-refractivity contribution < 1.29 is 4.74 Å². The van der Waals surface area contributed by atoms with Gasteiger partial charge in [-0.1, -0.05) is 41.4 Å². The lowest BCUT2D eigenvalue weighted by Crippen LogP contribution is -2.40. The molecule has 0 aliphatic carbocycles. The van der Waals surface area contributed by atoms with E-state index in [9.17, 15) is 0 Å². The van der Waals surface area contributed by atoms with Crippen molar-refractivity contribution in [3.8, 4) is 5.69 Å². The fourth-order valence-corrected chi connectivity index (χ4v) is 3.53. The van der Waals surface area contributed by atoms with Gasteiger partial charge in [0.25, 0.3) is 0 Å². The number of benzene rings is 2. The van der Waals surface area contributed by atoms with Crippen LogP contribution >= 0.6 is 23.2 Å². The Hall–Kier alpha value is -1.99. The van der Waals surface area contributed by atoms with Crippen molar-refractivity contribution >= 4 is 23.2 Å². The van der Waals surface area contributed by atoms with Gasteiger partial charge < -0.3 is 4.74 Å². The Morgan fingerprint density at radius 3 is 2.42 bits per heavy atom. The van der Waals surface area contributed by atoms with Gasteiger partial charge >= 0.3 is 0 Å². The molecule has 1 saturated heterocycles. The average Bonchev–Trinajstić information content (AvgIpc) is 3.14. The summed E-state index contributed by atoms with van der Waals surface area (Å²) < 4.78 is 7.25. The van der Waals surface area contributed by atoms with E-state index in [0.29, 0.717) is 29.1 Å². The van der Waals surface area contributed by atoms with Crippen LogP contribution in [0.4, 0.5) is 0 Å². The molecule has 2 aromatic carbocycles. The maximum atomic E-state index is 6.52. The van der Waals surface area contributed by atoms with Crippen LogP contribution in [0.2, 0.25) is 10.0 Å². The highest BCUT2D eigenvalue weighted by molar-refractivity contribution is 6.31. The molecule has 0 unspecified atom stereocenters. The Morgan fingerprint density at radius 1 is 0.962 bits per heavy atom. The van der Waals surface area contributed by atoms with Crippen molar-refractivity contribution in [1.29, 1.82) is 0 Å². The minimum Gasteiger partial charge on any atom is -0.379 e. The molecular weight excluding hydrogens is 373 g/mol. The summed E-state index contributed by atoms with van der Waals surface area (Å²) in [5.41, 5.74) is 1.82. The minimum atomic E-state index is -0.168. The molecule has 0 saturated carbocycles. The fourth-order valence-electron chi connectivity index (χ4n) is 3.16. The number of hydrogen-bond acceptors (Lipinski definition) is 5. The van der Waals surface area contributed by atoms with E-state index in [2.05, 4.69) is 20.4 Å². The van der Waals surface area contributed by atoms with E-state index in [4.69, 9.17) is 27.9 Å². The summed E-state index contributed by atoms with van der Waals surface area (Å²) in [6.45, 7) is 2.90. The van der Waals surface area contributed by atoms with E-state index in [1.165, 1.54) is 0 Å². The monoisotopic (exact) mass is 389 g/mol. The molecule has 1 fully saturated rings. The van der Waals surface area contributed by atoms with Gasteiger partial charge in [0.05, 0.1) is 24.9 Å². The van der Waals surface area contributed by atoms with Gasteiger partial charge in [-0.3, -0.25) is 4.90 Å². The van der Waals surface area contributed by atoms with Gasteiger partial charge in [-0.2, -0.15) is 4.68 Å². The van der Waals surface area contributed by atoms with E-state index in [0.717, 1.165) is 24.3 Å². The molecule has 0 N–H and O–H groups in total. The third-order valence-electron chi connectivity index (χ3n) is 4.42. The number of morpholine rings is 1. The quantitative estimate of drug-likeness (QED) is 0.684. The zero-order valence-electron chi connectivity index (χ0n) is 13.9. The molecule has 4 rings (SSSR count). The van der Waals surface area contributed by atoms with Crippen molar-refractivity contribution in [2.24, 2.45) is 0 Å². The maximum absolute atomic E-state index is 6.52. The predicted octanol–water partition coefficient (Wildman–Crippen LogP) is 3.39. The summed E-state index contributed by atoms with van der Waals surface area (Å²) in [5, 5.41) is 13.8. The van der Waals surface area contributed by atoms with Crippen LogP contribution in [0, 0.1) is 0 Å². The van der Waals surface area contributed by atoms with Gasteiger partial charge in [0, 0.05) is 23.1 Å². The van der Waals surface area contributed by atoms with Gasteiger partial charge in [0.15, 0.2) is 5.82 Å². The van der Waals surface area contributed by atoms with Crippen molar-refractivity contribution in [3.63, 3.8) is 0 Å². The van der Waals surface area contributed by atoms with Crippen LogP contribution in [0.15, 0.2) is 48.5 Å². The molecule has 1 aliphatic rings. The van der Waals surface area contributed by atoms with Crippen LogP contribution < -0.4 is 0 Å². The fraction of sp³-hybridized carbons (Fsp3) is 0.278. The number of rotatable bonds is 4. The molecule has 8 heteroatoms. The maximum Gasteiger partial charge on any atom is 0.178 e. The van der Waals surface area contributed by atoms with Gasteiger partial charge in [-0.05, 0) is 46.3 Å². The summed E-state index contributed by atoms with van der Waals surface area (Å²) in [5.74, 6) is 0.710. The highest BCUT2D eigenvalue weighted by atomic mass is 35.5. The molecule has 2 heterocycles. The molecule has 134 valence electrons. The van der Waals surface area contributed by atoms with E-state index < -0.39 is 0 Å². The van der Waals surface area contributed by atoms with Crippen molar-refractivity contribution in [1.82, 2.24) is 25.1 Å². The average molecular weight is 390 g/mol. The Morgan fingerprint density at radius 2 is 1.69 bits per heavy atom. The minimum absolute atomic E-state index is 0.168. The van der Waals surface area contributed by atoms with Crippen molar-refractivity contribution in [2.75, 3.05) is 26.3 Å². The summed E-state index contributed by atoms with van der Waals surface area (Å²) in [6, 6.07) is 15.1. The number of aromatic nitrogens is 4. The van der Waals surface area contributed by atoms with Gasteiger partial charge in [0.2, 0.25) is 0 Å². The number of ether oxygens (including phenoxy) is 1. The second-order valence-electron chi connectivity index (χ2n) is 6.00. The molecule has 1 aliphatic heterocycles. The first-order valence-electron chi connectivity index (χ1n) is 8.34. The standard InChI is InChI=1S/C18H17Cl2N5O/c19-13-5-7-14(8-6-13)25-18(21-22-23-25)17(24-9-11-26-12-10-24)15-3-1-2-4-16(15)20/h1-8,17H,9-12H2/t17-/m1/s1. The van der Waals surface area contributed by atoms with E-state index in [1.54, 1.807) is 4.68 Å². The third kappa shape index (κ3) is 3.46. The van der Waals surface area contributed by atoms with Crippen LogP contribution in [-0.2, 0) is 4.74 Å². The van der Waals surface area contributed by atoms with Crippen molar-refractivity contribution in [2.45, 2.75) is 6.04 Å². The second-order valence-corrected chi connectivity index (χ2v) is 6.84. The molecule has 26 heavy (non-hydrogen) atoms. The van der Waals surface area contributed by atoms with Gasteiger partial charge in [-0.25, -0.2) is 0 Å². The van der Waals surface area contributed by atoms with Gasteiger partial charge in [-0.15, -0.1) is 5.10 Å². The highest BCUT2D eigenvalue weighted by Gasteiger charge is 2.31. The van der Waals surface area contributed by atoms with Gasteiger partial charge in [0.1, 0.15) is 0 Å². The van der Waals surface area contributed by atoms with E-state index >= 15 is 0 Å². The molecule has 6 nitrogen and oxygen atoms in total. The van der Waals surface area contributed by atoms with Crippen molar-refractivity contribution in [3.05, 3.63) is 70.0 Å². The SMILES string of the molecule is Clc1ccc(-n2nnnc2[C@@H](c2ccccc2Cl)N2CCOCC2)cc1. The van der Waals surface area contributed by atoms with E-state index in [-0.39, 0.29) is 6.04 Å². The summed E-state index contributed by atoms with van der Waals surface area (Å²) >= 11 is 12.5. The predicted molar refractivity (Wildman–Crippen MR) is 99.9 cm³/mol. The van der Waals surface area contributed by atoms with Crippen LogP contribution in [0.5, 0.6) is 0 Å². The molecule has 0 spiro atoms. The lowest BCUT2D eigenvalue weighted by Gasteiger charge is -2.34. The first kappa shape index (κ1) is 17.4. The number of nitrogens with zero attached hydrogens (tertiary/aromatic N) is 5. The normalized spacial score (nSPS) is 16.5. The van der Waals surface area contributed by atoms with Crippen LogP contribution in [-0.4, -0.2) is 51.4 Å². The Kier molecular flexibility index (Phi) is 5.17. The molecule has 1 aromatic heterocycles. The zero-order chi connectivity index (χ0) is 17.9. The molecule has 1 atom stereocenters. The first-order valence-corrected chi connectivity index (χ1v) is 9.10. The second kappa shape index (κ2) is 7.72. The van der Waals surface area contributed by atoms with Crippen LogP contribution in [0.25, 0.3) is 5.69 Å². The molecule has 0 bridgehead atoms. The van der Waals surface area contributed by atoms with Crippen LogP contribution in [0.1, 0.15) is 17.4 Å². The number of halogens is 2. The largest absolute Gasteiger partial charge is 0.379 e. The summed E-state index contributed by atoms with van der Waals surface area (Å²) in [4.78, 5) is 2.29. The Labute approximate surface area is 161 Å². The van der Waals surface area contributed by atoms with E-state index in [1.807, 2.05) is 48.5 Å². The number of tetrazole rings is 1. The summed E-state index contributed by atoms with van der Waals surface area (Å²) in [6.07, 6.45) is 0. The zero-order valence-corrected chi connectivity index (χ0v) is 15.4. The Bertz CT molecular complexity index is 877. The number of hydrogen-bond donors (Lipinski definition) is 0. The highest BCUT2D eigenvalue weighted by Crippen LogP contribution is 2.33. The molecular formula is C18H17Cl2N5O. The molecule has 0 amide bonds. The Balaban J connectivity index is 1.81.